The molecule has 0 amide bonds. The molecule has 0 bridgehead atoms. The molecule has 0 heterocycles. The normalized spacial score (nSPS) is 14.0. The fraction of sp³-hybridized carbons (Fsp3) is 0.333. The van der Waals surface area contributed by atoms with Crippen LogP contribution in [0.1, 0.15) is 11.6 Å². The summed E-state index contributed by atoms with van der Waals surface area (Å²) in [5.41, 5.74) is 3.89. The quantitative estimate of drug-likeness (QED) is 0.788. The van der Waals surface area contributed by atoms with Crippen molar-refractivity contribution in [2.24, 2.45) is 5.73 Å². The van der Waals surface area contributed by atoms with Gasteiger partial charge in [0, 0.05) is 10.0 Å². The Labute approximate surface area is 113 Å². The molecule has 2 N–H and O–H groups in total. The summed E-state index contributed by atoms with van der Waals surface area (Å²) in [4.78, 5) is 0. The maximum Gasteiger partial charge on any atom is 0.455 e. The van der Waals surface area contributed by atoms with E-state index in [0.717, 1.165) is 18.2 Å². The second kappa shape index (κ2) is 5.66. The summed E-state index contributed by atoms with van der Waals surface area (Å²) < 4.78 is 75.2. The van der Waals surface area contributed by atoms with Gasteiger partial charge in [-0.1, -0.05) is 22.0 Å². The van der Waals surface area contributed by atoms with Crippen LogP contribution in [0.5, 0.6) is 0 Å². The van der Waals surface area contributed by atoms with Crippen molar-refractivity contribution in [2.75, 3.05) is 0 Å². The van der Waals surface area contributed by atoms with Crippen LogP contribution in [0.25, 0.3) is 0 Å². The lowest BCUT2D eigenvalue weighted by molar-refractivity contribution is -0.291. The number of rotatable bonds is 2. The van der Waals surface area contributed by atoms with Crippen LogP contribution in [0.15, 0.2) is 22.7 Å². The second-order valence-electron chi connectivity index (χ2n) is 3.26. The lowest BCUT2D eigenvalue weighted by Gasteiger charge is -2.26. The molecule has 0 saturated carbocycles. The van der Waals surface area contributed by atoms with Gasteiger partial charge in [0.05, 0.1) is 0 Å². The molecule has 0 spiro atoms. The van der Waals surface area contributed by atoms with E-state index in [2.05, 4.69) is 15.9 Å². The minimum atomic E-state index is -5.83. The molecule has 0 aromatic heterocycles. The zero-order chi connectivity index (χ0) is 13.4. The standard InChI is InChI=1S/C9H6BrF6N.ClH/c10-4-1-2-5(6(11)3-4)7(17)8(12,13)9(14,15)16;/h1-3,7H,17H2;1H/t7-;/m1./s1. The first-order valence-electron chi connectivity index (χ1n) is 4.22. The summed E-state index contributed by atoms with van der Waals surface area (Å²) in [5.74, 6) is -6.42. The molecule has 1 atom stereocenters. The Kier molecular flexibility index (Phi) is 5.52. The van der Waals surface area contributed by atoms with Gasteiger partial charge in [-0.15, -0.1) is 12.4 Å². The number of halogens is 8. The van der Waals surface area contributed by atoms with Crippen LogP contribution in [-0.2, 0) is 0 Å². The van der Waals surface area contributed by atoms with Gasteiger partial charge in [-0.05, 0) is 12.1 Å². The highest BCUT2D eigenvalue weighted by atomic mass is 79.9. The molecule has 1 nitrogen and oxygen atoms in total. The van der Waals surface area contributed by atoms with Gasteiger partial charge in [0.2, 0.25) is 0 Å². The van der Waals surface area contributed by atoms with Gasteiger partial charge in [-0.25, -0.2) is 4.39 Å². The third-order valence-corrected chi connectivity index (χ3v) is 2.56. The zero-order valence-corrected chi connectivity index (χ0v) is 10.8. The Hall–Kier alpha value is -0.470. The van der Waals surface area contributed by atoms with Crippen LogP contribution < -0.4 is 5.73 Å². The van der Waals surface area contributed by atoms with E-state index < -0.39 is 29.5 Å². The molecule has 1 aromatic rings. The van der Waals surface area contributed by atoms with Crippen LogP contribution in [0.4, 0.5) is 26.3 Å². The SMILES string of the molecule is Cl.N[C@H](c1ccc(Br)cc1F)C(F)(F)C(F)(F)F. The van der Waals surface area contributed by atoms with Gasteiger partial charge in [-0.2, -0.15) is 22.0 Å². The Bertz CT molecular complexity index is 422. The fourth-order valence-corrected chi connectivity index (χ4v) is 1.46. The number of benzene rings is 1. The van der Waals surface area contributed by atoms with E-state index in [-0.39, 0.29) is 16.9 Å². The van der Waals surface area contributed by atoms with Crippen LogP contribution in [0.2, 0.25) is 0 Å². The number of hydrogen-bond donors (Lipinski definition) is 1. The van der Waals surface area contributed by atoms with Gasteiger partial charge in [0.15, 0.2) is 0 Å². The smallest absolute Gasteiger partial charge is 0.319 e. The van der Waals surface area contributed by atoms with Crippen molar-refractivity contribution in [2.45, 2.75) is 18.1 Å². The Morgan fingerprint density at radius 3 is 2.00 bits per heavy atom. The molecule has 0 saturated heterocycles. The van der Waals surface area contributed by atoms with E-state index in [4.69, 9.17) is 5.73 Å². The summed E-state index contributed by atoms with van der Waals surface area (Å²) in [6, 6.07) is -0.105. The van der Waals surface area contributed by atoms with Crippen molar-refractivity contribution in [3.8, 4) is 0 Å². The summed E-state index contributed by atoms with van der Waals surface area (Å²) in [6.45, 7) is 0. The van der Waals surface area contributed by atoms with Crippen molar-refractivity contribution in [3.63, 3.8) is 0 Å². The third-order valence-electron chi connectivity index (χ3n) is 2.07. The largest absolute Gasteiger partial charge is 0.455 e. The van der Waals surface area contributed by atoms with E-state index in [1.807, 2.05) is 0 Å². The molecule has 1 aromatic carbocycles. The van der Waals surface area contributed by atoms with Crippen LogP contribution in [0.3, 0.4) is 0 Å². The Balaban J connectivity index is 0.00000289. The van der Waals surface area contributed by atoms with Gasteiger partial charge in [0.25, 0.3) is 0 Å². The summed E-state index contributed by atoms with van der Waals surface area (Å²) in [7, 11) is 0. The van der Waals surface area contributed by atoms with Crippen molar-refractivity contribution in [1.29, 1.82) is 0 Å². The maximum atomic E-state index is 13.2. The predicted octanol–water partition coefficient (Wildman–Crippen LogP) is 4.21. The third kappa shape index (κ3) is 3.30. The van der Waals surface area contributed by atoms with Crippen LogP contribution in [-0.4, -0.2) is 12.1 Å². The minimum Gasteiger partial charge on any atom is -0.319 e. The summed E-state index contributed by atoms with van der Waals surface area (Å²) in [5, 5.41) is 0. The van der Waals surface area contributed by atoms with Crippen LogP contribution >= 0.6 is 28.3 Å². The molecular weight excluding hydrogens is 351 g/mol. The first-order valence-corrected chi connectivity index (χ1v) is 5.01. The minimum absolute atomic E-state index is 0. The van der Waals surface area contributed by atoms with E-state index in [1.54, 1.807) is 0 Å². The molecule has 0 unspecified atom stereocenters. The molecule has 0 aliphatic rings. The summed E-state index contributed by atoms with van der Waals surface area (Å²) in [6.07, 6.45) is -5.83. The average molecular weight is 359 g/mol. The first-order chi connectivity index (χ1) is 7.57. The van der Waals surface area contributed by atoms with Gasteiger partial charge in [0.1, 0.15) is 11.9 Å². The van der Waals surface area contributed by atoms with Crippen molar-refractivity contribution < 1.29 is 26.3 Å². The molecule has 18 heavy (non-hydrogen) atoms. The lowest BCUT2D eigenvalue weighted by Crippen LogP contribution is -2.46. The fourth-order valence-electron chi connectivity index (χ4n) is 1.13. The number of alkyl halides is 5. The van der Waals surface area contributed by atoms with Crippen molar-refractivity contribution in [3.05, 3.63) is 34.1 Å². The van der Waals surface area contributed by atoms with Crippen molar-refractivity contribution >= 4 is 28.3 Å². The monoisotopic (exact) mass is 357 g/mol. The highest BCUT2D eigenvalue weighted by molar-refractivity contribution is 9.10. The highest BCUT2D eigenvalue weighted by Gasteiger charge is 2.62. The molecule has 0 aliphatic heterocycles. The van der Waals surface area contributed by atoms with E-state index >= 15 is 0 Å². The molecular formula is C9H7BrClF6N. The maximum absolute atomic E-state index is 13.2. The molecule has 1 rings (SSSR count). The number of nitrogens with two attached hydrogens (primary N) is 1. The number of hydrogen-bond acceptors (Lipinski definition) is 1. The van der Waals surface area contributed by atoms with Crippen molar-refractivity contribution in [1.82, 2.24) is 0 Å². The van der Waals surface area contributed by atoms with E-state index in [0.29, 0.717) is 0 Å². The van der Waals surface area contributed by atoms with Gasteiger partial charge in [-0.3, -0.25) is 0 Å². The molecule has 9 heteroatoms. The van der Waals surface area contributed by atoms with Gasteiger partial charge >= 0.3 is 12.1 Å². The summed E-state index contributed by atoms with van der Waals surface area (Å²) >= 11 is 2.84. The molecule has 0 radical (unpaired) electrons. The molecule has 104 valence electrons. The topological polar surface area (TPSA) is 26.0 Å². The van der Waals surface area contributed by atoms with E-state index in [1.165, 1.54) is 0 Å². The average Bonchev–Trinajstić information content (AvgIpc) is 2.14. The first kappa shape index (κ1) is 17.5. The van der Waals surface area contributed by atoms with Crippen LogP contribution in [0, 0.1) is 5.82 Å². The zero-order valence-electron chi connectivity index (χ0n) is 8.44. The molecule has 0 fully saturated rings. The van der Waals surface area contributed by atoms with E-state index in [9.17, 15) is 26.3 Å². The lowest BCUT2D eigenvalue weighted by atomic mass is 10.0. The van der Waals surface area contributed by atoms with Gasteiger partial charge < -0.3 is 5.73 Å². The Morgan fingerprint density at radius 2 is 1.61 bits per heavy atom. The molecule has 0 aliphatic carbocycles. The Morgan fingerprint density at radius 1 is 1.11 bits per heavy atom. The predicted molar refractivity (Wildman–Crippen MR) is 59.3 cm³/mol. The second-order valence-corrected chi connectivity index (χ2v) is 4.18. The highest BCUT2D eigenvalue weighted by Crippen LogP contribution is 2.43.